The Morgan fingerprint density at radius 1 is 1.22 bits per heavy atom. The molecule has 1 aromatic carbocycles. The molecule has 1 amide bonds. The van der Waals surface area contributed by atoms with Crippen molar-refractivity contribution in [2.24, 2.45) is 0 Å². The molecule has 0 aliphatic carbocycles. The quantitative estimate of drug-likeness (QED) is 0.562. The summed E-state index contributed by atoms with van der Waals surface area (Å²) in [5.74, 6) is 1.96. The van der Waals surface area contributed by atoms with Gasteiger partial charge in [-0.15, -0.1) is 0 Å². The van der Waals surface area contributed by atoms with E-state index in [1.807, 2.05) is 42.2 Å². The first-order chi connectivity index (χ1) is 11.2. The fraction of sp³-hybridized carbons (Fsp3) is 0.450. The molecular weight excluding hydrogens is 286 g/mol. The number of nitrogens with zero attached hydrogens (tertiary/aromatic N) is 1. The molecule has 23 heavy (non-hydrogen) atoms. The van der Waals surface area contributed by atoms with Gasteiger partial charge in [0.05, 0.1) is 0 Å². The van der Waals surface area contributed by atoms with Crippen LogP contribution in [-0.2, 0) is 4.79 Å². The molecule has 0 atom stereocenters. The zero-order chi connectivity index (χ0) is 16.5. The summed E-state index contributed by atoms with van der Waals surface area (Å²) in [7, 11) is 0. The van der Waals surface area contributed by atoms with Crippen LogP contribution >= 0.6 is 0 Å². The van der Waals surface area contributed by atoms with Gasteiger partial charge < -0.3 is 9.64 Å². The van der Waals surface area contributed by atoms with Crippen LogP contribution in [0.5, 0.6) is 5.75 Å². The summed E-state index contributed by atoms with van der Waals surface area (Å²) in [4.78, 5) is 14.2. The molecule has 124 valence electrons. The van der Waals surface area contributed by atoms with Crippen molar-refractivity contribution >= 4 is 5.91 Å². The zero-order valence-corrected chi connectivity index (χ0v) is 14.3. The van der Waals surface area contributed by atoms with Crippen molar-refractivity contribution in [3.8, 4) is 5.75 Å². The Kier molecular flexibility index (Phi) is 6.92. The molecule has 0 unspecified atom stereocenters. The minimum Gasteiger partial charge on any atom is -0.462 e. The van der Waals surface area contributed by atoms with E-state index >= 15 is 0 Å². The highest BCUT2D eigenvalue weighted by atomic mass is 16.5. The minimum absolute atomic E-state index is 0.277. The Labute approximate surface area is 139 Å². The number of benzene rings is 1. The van der Waals surface area contributed by atoms with Gasteiger partial charge in [0.25, 0.3) is 0 Å². The van der Waals surface area contributed by atoms with Crippen LogP contribution in [-0.4, -0.2) is 23.9 Å². The third kappa shape index (κ3) is 5.93. The Bertz CT molecular complexity index is 560. The lowest BCUT2D eigenvalue weighted by atomic mass is 10.1. The maximum Gasteiger partial charge on any atom is 0.222 e. The lowest BCUT2D eigenvalue weighted by Crippen LogP contribution is -2.32. The van der Waals surface area contributed by atoms with Crippen LogP contribution in [0.1, 0.15) is 46.0 Å². The number of para-hydroxylation sites is 1. The maximum atomic E-state index is 12.2. The first kappa shape index (κ1) is 17.3. The number of likely N-dealkylation sites (tertiary alicyclic amines) is 1. The molecule has 0 radical (unpaired) electrons. The van der Waals surface area contributed by atoms with Crippen molar-refractivity contribution < 1.29 is 9.53 Å². The molecule has 1 aliphatic rings. The van der Waals surface area contributed by atoms with Crippen molar-refractivity contribution in [2.45, 2.75) is 46.0 Å². The summed E-state index contributed by atoms with van der Waals surface area (Å²) < 4.78 is 5.85. The lowest BCUT2D eigenvalue weighted by molar-refractivity contribution is -0.130. The molecule has 0 spiro atoms. The van der Waals surface area contributed by atoms with E-state index in [1.165, 1.54) is 0 Å². The third-order valence-corrected chi connectivity index (χ3v) is 3.92. The van der Waals surface area contributed by atoms with Gasteiger partial charge in [0.2, 0.25) is 5.91 Å². The molecule has 1 heterocycles. The van der Waals surface area contributed by atoms with Crippen LogP contribution < -0.4 is 4.74 Å². The van der Waals surface area contributed by atoms with Crippen molar-refractivity contribution in [1.82, 2.24) is 4.90 Å². The number of carbonyl (C=O) groups excluding carboxylic acids is 1. The Morgan fingerprint density at radius 2 is 2.00 bits per heavy atom. The number of hydrogen-bond donors (Lipinski definition) is 0. The smallest absolute Gasteiger partial charge is 0.222 e. The van der Waals surface area contributed by atoms with Gasteiger partial charge in [-0.3, -0.25) is 4.79 Å². The lowest BCUT2D eigenvalue weighted by Gasteiger charge is -2.21. The van der Waals surface area contributed by atoms with Crippen molar-refractivity contribution in [1.29, 1.82) is 0 Å². The van der Waals surface area contributed by atoms with E-state index in [0.29, 0.717) is 13.0 Å². The molecule has 0 N–H and O–H groups in total. The molecule has 2 rings (SSSR count). The number of amides is 1. The van der Waals surface area contributed by atoms with E-state index in [4.69, 9.17) is 4.74 Å². The first-order valence-electron chi connectivity index (χ1n) is 8.57. The molecule has 1 aromatic rings. The number of carbonyl (C=O) groups is 1. The molecule has 1 fully saturated rings. The van der Waals surface area contributed by atoms with Crippen LogP contribution in [0.15, 0.2) is 53.8 Å². The van der Waals surface area contributed by atoms with Gasteiger partial charge >= 0.3 is 0 Å². The highest BCUT2D eigenvalue weighted by molar-refractivity contribution is 5.76. The first-order valence-corrected chi connectivity index (χ1v) is 8.57. The van der Waals surface area contributed by atoms with Crippen LogP contribution in [0.25, 0.3) is 0 Å². The molecular formula is C20H27NO2. The van der Waals surface area contributed by atoms with Gasteiger partial charge in [0, 0.05) is 19.5 Å². The highest BCUT2D eigenvalue weighted by Crippen LogP contribution is 2.17. The molecule has 0 saturated carbocycles. The van der Waals surface area contributed by atoms with Gasteiger partial charge in [0.15, 0.2) is 0 Å². The van der Waals surface area contributed by atoms with E-state index in [-0.39, 0.29) is 5.91 Å². The highest BCUT2D eigenvalue weighted by Gasteiger charge is 2.17. The average molecular weight is 313 g/mol. The number of hydrogen-bond acceptors (Lipinski definition) is 2. The van der Waals surface area contributed by atoms with Gasteiger partial charge in [0.1, 0.15) is 11.5 Å². The molecule has 0 bridgehead atoms. The van der Waals surface area contributed by atoms with E-state index in [1.54, 1.807) is 0 Å². The molecule has 3 heteroatoms. The van der Waals surface area contributed by atoms with E-state index in [9.17, 15) is 4.79 Å². The standard InChI is InChI=1S/C20H27NO2/c1-3-10-18(16-21-14-9-5-8-13-20(21)22)15-17(2)23-19-11-6-4-7-12-19/h4,6-7,10-12,15H,3,5,8-9,13-14,16H2,1-2H3/b17-15+,18-10+. The second-order valence-corrected chi connectivity index (χ2v) is 5.98. The second-order valence-electron chi connectivity index (χ2n) is 5.98. The third-order valence-electron chi connectivity index (χ3n) is 3.92. The van der Waals surface area contributed by atoms with Crippen LogP contribution in [0.2, 0.25) is 0 Å². The summed E-state index contributed by atoms with van der Waals surface area (Å²) in [6.07, 6.45) is 9.14. The van der Waals surface area contributed by atoms with Crippen LogP contribution in [0, 0.1) is 0 Å². The average Bonchev–Trinajstić information content (AvgIpc) is 2.73. The van der Waals surface area contributed by atoms with Gasteiger partial charge in [-0.2, -0.15) is 0 Å². The Hall–Kier alpha value is -2.03. The van der Waals surface area contributed by atoms with E-state index in [0.717, 1.165) is 49.3 Å². The summed E-state index contributed by atoms with van der Waals surface area (Å²) in [6, 6.07) is 9.78. The molecule has 3 nitrogen and oxygen atoms in total. The van der Waals surface area contributed by atoms with Gasteiger partial charge in [-0.05, 0) is 50.0 Å². The number of allylic oxidation sites excluding steroid dienone is 2. The normalized spacial score (nSPS) is 17.1. The molecule has 1 saturated heterocycles. The fourth-order valence-electron chi connectivity index (χ4n) is 2.82. The zero-order valence-electron chi connectivity index (χ0n) is 14.3. The van der Waals surface area contributed by atoms with Crippen LogP contribution in [0.3, 0.4) is 0 Å². The largest absolute Gasteiger partial charge is 0.462 e. The molecule has 0 aromatic heterocycles. The van der Waals surface area contributed by atoms with Gasteiger partial charge in [-0.25, -0.2) is 0 Å². The van der Waals surface area contributed by atoms with Crippen molar-refractivity contribution in [2.75, 3.05) is 13.1 Å². The monoisotopic (exact) mass is 313 g/mol. The van der Waals surface area contributed by atoms with Crippen LogP contribution in [0.4, 0.5) is 0 Å². The van der Waals surface area contributed by atoms with E-state index in [2.05, 4.69) is 19.1 Å². The molecule has 1 aliphatic heterocycles. The Morgan fingerprint density at radius 3 is 2.74 bits per heavy atom. The minimum atomic E-state index is 0.277. The summed E-state index contributed by atoms with van der Waals surface area (Å²) >= 11 is 0. The van der Waals surface area contributed by atoms with E-state index < -0.39 is 0 Å². The SMILES string of the molecule is CC/C=C(\C=C(/C)Oc1ccccc1)CN1CCCCCC1=O. The number of rotatable bonds is 6. The Balaban J connectivity index is 2.04. The predicted octanol–water partition coefficient (Wildman–Crippen LogP) is 4.71. The van der Waals surface area contributed by atoms with Gasteiger partial charge in [-0.1, -0.05) is 37.6 Å². The number of ether oxygens (including phenoxy) is 1. The second kappa shape index (κ2) is 9.19. The van der Waals surface area contributed by atoms with Crippen molar-refractivity contribution in [3.63, 3.8) is 0 Å². The summed E-state index contributed by atoms with van der Waals surface area (Å²) in [5.41, 5.74) is 1.15. The maximum absolute atomic E-state index is 12.2. The predicted molar refractivity (Wildman–Crippen MR) is 94.2 cm³/mol. The fourth-order valence-corrected chi connectivity index (χ4v) is 2.82. The summed E-state index contributed by atoms with van der Waals surface area (Å²) in [6.45, 7) is 5.63. The topological polar surface area (TPSA) is 29.5 Å². The summed E-state index contributed by atoms with van der Waals surface area (Å²) in [5, 5.41) is 0. The van der Waals surface area contributed by atoms with Crippen molar-refractivity contribution in [3.05, 3.63) is 53.8 Å².